The zero-order valence-corrected chi connectivity index (χ0v) is 11.9. The van der Waals surface area contributed by atoms with Crippen LogP contribution in [0.3, 0.4) is 0 Å². The summed E-state index contributed by atoms with van der Waals surface area (Å²) in [6, 6.07) is 0.00113. The van der Waals surface area contributed by atoms with Gasteiger partial charge in [-0.15, -0.1) is 0 Å². The Morgan fingerprint density at radius 3 is 2.88 bits per heavy atom. The van der Waals surface area contributed by atoms with Crippen LogP contribution in [0.1, 0.15) is 30.3 Å². The van der Waals surface area contributed by atoms with Crippen LogP contribution in [-0.4, -0.2) is 34.1 Å². The van der Waals surface area contributed by atoms with E-state index in [1.807, 2.05) is 4.90 Å². The van der Waals surface area contributed by atoms with Gasteiger partial charge in [-0.05, 0) is 35.4 Å². The Kier molecular flexibility index (Phi) is 2.76. The minimum absolute atomic E-state index is 0.00113. The third-order valence-electron chi connectivity index (χ3n) is 3.43. The molecule has 1 fully saturated rings. The van der Waals surface area contributed by atoms with Crippen molar-refractivity contribution in [1.29, 1.82) is 0 Å². The maximum Gasteiger partial charge on any atom is 0.317 e. The maximum atomic E-state index is 11.6. The molecular weight excluding hydrogens is 331 g/mol. The molecule has 1 aliphatic carbocycles. The molecule has 2 aliphatic rings. The molecule has 2 heterocycles. The predicted molar refractivity (Wildman–Crippen MR) is 71.8 cm³/mol. The average Bonchev–Trinajstić information content (AvgIpc) is 3.14. The van der Waals surface area contributed by atoms with E-state index in [4.69, 9.17) is 0 Å². The Labute approximate surface area is 114 Å². The van der Waals surface area contributed by atoms with Crippen molar-refractivity contribution in [2.45, 2.75) is 31.8 Å². The molecule has 0 saturated heterocycles. The highest BCUT2D eigenvalue weighted by Gasteiger charge is 2.33. The zero-order valence-electron chi connectivity index (χ0n) is 9.74. The molecule has 1 saturated carbocycles. The highest BCUT2D eigenvalue weighted by molar-refractivity contribution is 14.1. The third kappa shape index (κ3) is 1.92. The number of aromatic nitrogens is 2. The van der Waals surface area contributed by atoms with Gasteiger partial charge >= 0.3 is 6.03 Å². The summed E-state index contributed by atoms with van der Waals surface area (Å²) in [6.45, 7) is 2.33. The van der Waals surface area contributed by atoms with Crippen molar-refractivity contribution >= 4 is 28.6 Å². The Morgan fingerprint density at radius 2 is 2.24 bits per heavy atom. The van der Waals surface area contributed by atoms with Gasteiger partial charge in [0, 0.05) is 26.1 Å². The summed E-state index contributed by atoms with van der Waals surface area (Å²) in [5, 5.41) is 2.68. The number of imidazole rings is 1. The summed E-state index contributed by atoms with van der Waals surface area (Å²) in [6.07, 6.45) is 2.54. The van der Waals surface area contributed by atoms with Crippen molar-refractivity contribution in [2.24, 2.45) is 0 Å². The van der Waals surface area contributed by atoms with Crippen LogP contribution in [0.4, 0.5) is 4.79 Å². The van der Waals surface area contributed by atoms with Crippen molar-refractivity contribution in [1.82, 2.24) is 19.8 Å². The van der Waals surface area contributed by atoms with E-state index >= 15 is 0 Å². The Balaban J connectivity index is 1.89. The number of carbonyl (C=O) groups excluding carboxylic acids is 1. The van der Waals surface area contributed by atoms with E-state index in [1.165, 1.54) is 24.4 Å². The summed E-state index contributed by atoms with van der Waals surface area (Å²) in [5.74, 6) is 1.91. The predicted octanol–water partition coefficient (Wildman–Crippen LogP) is 1.52. The number of halogens is 1. The van der Waals surface area contributed by atoms with Crippen LogP contribution in [0, 0.1) is 3.70 Å². The van der Waals surface area contributed by atoms with Crippen molar-refractivity contribution in [2.75, 3.05) is 13.6 Å². The van der Waals surface area contributed by atoms with Crippen LogP contribution in [0.2, 0.25) is 0 Å². The topological polar surface area (TPSA) is 50.2 Å². The molecule has 0 bridgehead atoms. The lowest BCUT2D eigenvalue weighted by atomic mass is 10.3. The molecule has 6 heteroatoms. The molecule has 1 aromatic heterocycles. The minimum atomic E-state index is 0.00113. The van der Waals surface area contributed by atoms with Crippen molar-refractivity contribution < 1.29 is 4.79 Å². The second-order valence-electron chi connectivity index (χ2n) is 4.61. The van der Waals surface area contributed by atoms with Gasteiger partial charge in [-0.1, -0.05) is 0 Å². The third-order valence-corrected chi connectivity index (χ3v) is 4.29. The standard InChI is InChI=1S/C11H15IN4O/c1-13-11(17)15-4-5-16-8(6-15)9(12)14-10(16)7-2-3-7/h7H,2-6H2,1H3,(H,13,17). The summed E-state index contributed by atoms with van der Waals surface area (Å²) in [7, 11) is 1.68. The molecule has 0 aromatic carbocycles. The second kappa shape index (κ2) is 4.15. The first-order valence-electron chi connectivity index (χ1n) is 5.92. The van der Waals surface area contributed by atoms with Crippen LogP contribution in [-0.2, 0) is 13.1 Å². The Hall–Kier alpha value is -0.790. The Morgan fingerprint density at radius 1 is 1.47 bits per heavy atom. The highest BCUT2D eigenvalue weighted by atomic mass is 127. The first-order valence-corrected chi connectivity index (χ1v) is 7.00. The number of urea groups is 1. The molecule has 1 N–H and O–H groups in total. The van der Waals surface area contributed by atoms with Crippen LogP contribution in [0.5, 0.6) is 0 Å². The number of amides is 2. The lowest BCUT2D eigenvalue weighted by molar-refractivity contribution is 0.185. The summed E-state index contributed by atoms with van der Waals surface area (Å²) < 4.78 is 3.37. The van der Waals surface area contributed by atoms with Gasteiger partial charge in [-0.3, -0.25) is 0 Å². The van der Waals surface area contributed by atoms with Gasteiger partial charge in [-0.25, -0.2) is 9.78 Å². The first kappa shape index (κ1) is 11.3. The summed E-state index contributed by atoms with van der Waals surface area (Å²) in [4.78, 5) is 18.1. The molecule has 0 radical (unpaired) electrons. The second-order valence-corrected chi connectivity index (χ2v) is 5.63. The van der Waals surface area contributed by atoms with E-state index in [2.05, 4.69) is 37.5 Å². The number of hydrogen-bond acceptors (Lipinski definition) is 2. The van der Waals surface area contributed by atoms with Gasteiger partial charge in [-0.2, -0.15) is 0 Å². The number of nitrogens with one attached hydrogen (secondary N) is 1. The summed E-state index contributed by atoms with van der Waals surface area (Å²) >= 11 is 2.28. The molecule has 1 aromatic rings. The number of nitrogens with zero attached hydrogens (tertiary/aromatic N) is 3. The van der Waals surface area contributed by atoms with E-state index in [-0.39, 0.29) is 6.03 Å². The average molecular weight is 346 g/mol. The van der Waals surface area contributed by atoms with E-state index in [0.29, 0.717) is 12.5 Å². The molecular formula is C11H15IN4O. The number of hydrogen-bond donors (Lipinski definition) is 1. The van der Waals surface area contributed by atoms with E-state index in [1.54, 1.807) is 7.05 Å². The van der Waals surface area contributed by atoms with E-state index in [9.17, 15) is 4.79 Å². The molecule has 0 atom stereocenters. The van der Waals surface area contributed by atoms with Crippen molar-refractivity contribution in [3.63, 3.8) is 0 Å². The zero-order chi connectivity index (χ0) is 12.0. The first-order chi connectivity index (χ1) is 8.20. The van der Waals surface area contributed by atoms with E-state index < -0.39 is 0 Å². The van der Waals surface area contributed by atoms with Crippen molar-refractivity contribution in [3.05, 3.63) is 15.2 Å². The molecule has 92 valence electrons. The smallest absolute Gasteiger partial charge is 0.317 e. The van der Waals surface area contributed by atoms with Gasteiger partial charge in [0.1, 0.15) is 9.53 Å². The van der Waals surface area contributed by atoms with Crippen molar-refractivity contribution in [3.8, 4) is 0 Å². The lowest BCUT2D eigenvalue weighted by Crippen LogP contribution is -2.43. The summed E-state index contributed by atoms with van der Waals surface area (Å²) in [5.41, 5.74) is 1.20. The fraction of sp³-hybridized carbons (Fsp3) is 0.636. The molecule has 1 aliphatic heterocycles. The molecule has 3 rings (SSSR count). The normalized spacial score (nSPS) is 19.1. The fourth-order valence-electron chi connectivity index (χ4n) is 2.34. The number of rotatable bonds is 1. The monoisotopic (exact) mass is 346 g/mol. The van der Waals surface area contributed by atoms with Crippen LogP contribution in [0.25, 0.3) is 0 Å². The Bertz CT molecular complexity index is 466. The molecule has 17 heavy (non-hydrogen) atoms. The van der Waals surface area contributed by atoms with Gasteiger partial charge < -0.3 is 14.8 Å². The van der Waals surface area contributed by atoms with Gasteiger partial charge in [0.25, 0.3) is 0 Å². The molecule has 5 nitrogen and oxygen atoms in total. The highest BCUT2D eigenvalue weighted by Crippen LogP contribution is 2.41. The lowest BCUT2D eigenvalue weighted by Gasteiger charge is -2.28. The van der Waals surface area contributed by atoms with Gasteiger partial charge in [0.2, 0.25) is 0 Å². The minimum Gasteiger partial charge on any atom is -0.341 e. The molecule has 0 unspecified atom stereocenters. The SMILES string of the molecule is CNC(=O)N1CCn2c(C3CC3)nc(I)c2C1. The molecule has 0 spiro atoms. The largest absolute Gasteiger partial charge is 0.341 e. The number of carbonyl (C=O) groups is 1. The van der Waals surface area contributed by atoms with Crippen LogP contribution < -0.4 is 5.32 Å². The van der Waals surface area contributed by atoms with Gasteiger partial charge in [0.05, 0.1) is 12.2 Å². The van der Waals surface area contributed by atoms with Gasteiger partial charge in [0.15, 0.2) is 0 Å². The quantitative estimate of drug-likeness (QED) is 0.784. The maximum absolute atomic E-state index is 11.6. The van der Waals surface area contributed by atoms with E-state index in [0.717, 1.165) is 16.8 Å². The number of fused-ring (bicyclic) bond motifs is 1. The fourth-order valence-corrected chi connectivity index (χ4v) is 3.05. The molecule has 2 amide bonds. The van der Waals surface area contributed by atoms with Crippen LogP contribution >= 0.6 is 22.6 Å². The van der Waals surface area contributed by atoms with Crippen LogP contribution in [0.15, 0.2) is 0 Å².